The summed E-state index contributed by atoms with van der Waals surface area (Å²) < 4.78 is 42.6. The van der Waals surface area contributed by atoms with E-state index in [1.165, 1.54) is 44.1 Å². The summed E-state index contributed by atoms with van der Waals surface area (Å²) in [5.41, 5.74) is 7.77. The molecule has 1 heterocycles. The average molecular weight is 513 g/mol. The van der Waals surface area contributed by atoms with E-state index >= 15 is 0 Å². The average Bonchev–Trinajstić information content (AvgIpc) is 2.86. The molecule has 2 rings (SSSR count). The lowest BCUT2D eigenvalue weighted by Gasteiger charge is -2.36. The van der Waals surface area contributed by atoms with Gasteiger partial charge >= 0.3 is 6.18 Å². The molecule has 0 bridgehead atoms. The lowest BCUT2D eigenvalue weighted by molar-refractivity contribution is -0.135. The highest BCUT2D eigenvalue weighted by Gasteiger charge is 2.26. The van der Waals surface area contributed by atoms with Gasteiger partial charge in [-0.25, -0.2) is 0 Å². The highest BCUT2D eigenvalue weighted by atomic mass is 19.4. The molecule has 0 amide bonds. The van der Waals surface area contributed by atoms with E-state index in [1.54, 1.807) is 0 Å². The van der Waals surface area contributed by atoms with Crippen molar-refractivity contribution in [3.05, 3.63) is 29.8 Å². The number of unbranched alkanes of at least 4 members (excludes halogenated alkanes) is 11. The van der Waals surface area contributed by atoms with Crippen LogP contribution in [0, 0.1) is 0 Å². The molecule has 0 radical (unpaired) electrons. The van der Waals surface area contributed by atoms with Crippen LogP contribution >= 0.6 is 0 Å². The van der Waals surface area contributed by atoms with Crippen LogP contribution in [0.1, 0.15) is 122 Å². The maximum absolute atomic E-state index is 12.1. The normalized spacial score (nSPS) is 16.4. The van der Waals surface area contributed by atoms with Crippen LogP contribution in [-0.4, -0.2) is 36.4 Å². The maximum atomic E-state index is 12.1. The summed E-state index contributed by atoms with van der Waals surface area (Å²) in [6, 6.07) is 8.51. The zero-order chi connectivity index (χ0) is 26.1. The van der Waals surface area contributed by atoms with Crippen molar-refractivity contribution in [2.75, 3.05) is 13.1 Å². The van der Waals surface area contributed by atoms with Gasteiger partial charge in [0.2, 0.25) is 0 Å². The molecular weight excluding hydrogens is 461 g/mol. The Balaban J connectivity index is 1.51. The SMILES string of the molecule is CCCCCCCCC(N)N1CCC(Oc2ccc(CCCCCCCCCC(F)(F)F)cc2)CC1. The molecule has 1 atom stereocenters. The highest BCUT2D eigenvalue weighted by Crippen LogP contribution is 2.24. The van der Waals surface area contributed by atoms with Gasteiger partial charge in [0.05, 0.1) is 6.17 Å². The van der Waals surface area contributed by atoms with Crippen LogP contribution in [0.2, 0.25) is 0 Å². The molecule has 2 N–H and O–H groups in total. The number of halogens is 3. The van der Waals surface area contributed by atoms with E-state index < -0.39 is 12.6 Å². The molecule has 208 valence electrons. The van der Waals surface area contributed by atoms with Gasteiger partial charge in [-0.3, -0.25) is 4.90 Å². The van der Waals surface area contributed by atoms with Gasteiger partial charge in [0.15, 0.2) is 0 Å². The number of rotatable bonds is 19. The monoisotopic (exact) mass is 512 g/mol. The number of likely N-dealkylation sites (tertiary alicyclic amines) is 1. The van der Waals surface area contributed by atoms with Gasteiger partial charge in [-0.1, -0.05) is 89.7 Å². The number of alkyl halides is 3. The second kappa shape index (κ2) is 18.1. The van der Waals surface area contributed by atoms with E-state index in [-0.39, 0.29) is 18.7 Å². The highest BCUT2D eigenvalue weighted by molar-refractivity contribution is 5.27. The number of benzene rings is 1. The molecule has 6 heteroatoms. The number of hydrogen-bond acceptors (Lipinski definition) is 3. The zero-order valence-electron chi connectivity index (χ0n) is 22.7. The first-order valence-corrected chi connectivity index (χ1v) is 14.7. The minimum atomic E-state index is -4.00. The first kappa shape index (κ1) is 31.0. The van der Waals surface area contributed by atoms with Gasteiger partial charge in [0.1, 0.15) is 11.9 Å². The quantitative estimate of drug-likeness (QED) is 0.188. The van der Waals surface area contributed by atoms with Crippen LogP contribution in [0.3, 0.4) is 0 Å². The molecule has 0 saturated carbocycles. The molecule has 0 aromatic heterocycles. The lowest BCUT2D eigenvalue weighted by Crippen LogP contribution is -2.48. The van der Waals surface area contributed by atoms with Crippen molar-refractivity contribution in [3.8, 4) is 5.75 Å². The Hall–Kier alpha value is -1.27. The van der Waals surface area contributed by atoms with Crippen molar-refractivity contribution in [1.82, 2.24) is 4.90 Å². The van der Waals surface area contributed by atoms with Crippen molar-refractivity contribution in [2.24, 2.45) is 5.73 Å². The van der Waals surface area contributed by atoms with Crippen molar-refractivity contribution < 1.29 is 17.9 Å². The topological polar surface area (TPSA) is 38.5 Å². The van der Waals surface area contributed by atoms with Gasteiger partial charge in [-0.15, -0.1) is 0 Å². The number of ether oxygens (including phenoxy) is 1. The first-order chi connectivity index (χ1) is 17.4. The molecule has 1 fully saturated rings. The van der Waals surface area contributed by atoms with Crippen LogP contribution in [0.25, 0.3) is 0 Å². The van der Waals surface area contributed by atoms with E-state index in [0.29, 0.717) is 6.42 Å². The Kier molecular flexibility index (Phi) is 15.5. The first-order valence-electron chi connectivity index (χ1n) is 14.7. The molecule has 1 aliphatic rings. The van der Waals surface area contributed by atoms with E-state index in [4.69, 9.17) is 10.5 Å². The van der Waals surface area contributed by atoms with E-state index in [2.05, 4.69) is 36.1 Å². The molecule has 36 heavy (non-hydrogen) atoms. The minimum Gasteiger partial charge on any atom is -0.490 e. The number of piperidine rings is 1. The molecule has 1 saturated heterocycles. The van der Waals surface area contributed by atoms with Crippen LogP contribution in [0.15, 0.2) is 24.3 Å². The fourth-order valence-corrected chi connectivity index (χ4v) is 5.11. The van der Waals surface area contributed by atoms with Crippen molar-refractivity contribution >= 4 is 0 Å². The maximum Gasteiger partial charge on any atom is 0.389 e. The summed E-state index contributed by atoms with van der Waals surface area (Å²) in [5, 5.41) is 0. The van der Waals surface area contributed by atoms with Gasteiger partial charge in [-0.2, -0.15) is 13.2 Å². The third-order valence-electron chi connectivity index (χ3n) is 7.45. The second-order valence-electron chi connectivity index (χ2n) is 10.7. The van der Waals surface area contributed by atoms with Gasteiger partial charge in [0, 0.05) is 19.5 Å². The van der Waals surface area contributed by atoms with Crippen LogP contribution in [0.5, 0.6) is 5.75 Å². The third kappa shape index (κ3) is 14.5. The molecule has 1 unspecified atom stereocenters. The molecule has 0 aliphatic carbocycles. The number of aryl methyl sites for hydroxylation is 1. The predicted molar refractivity (Wildman–Crippen MR) is 144 cm³/mol. The van der Waals surface area contributed by atoms with E-state index in [0.717, 1.165) is 76.6 Å². The molecule has 3 nitrogen and oxygen atoms in total. The van der Waals surface area contributed by atoms with E-state index in [1.807, 2.05) is 0 Å². The van der Waals surface area contributed by atoms with Crippen LogP contribution in [-0.2, 0) is 6.42 Å². The zero-order valence-corrected chi connectivity index (χ0v) is 22.7. The Morgan fingerprint density at radius 1 is 0.833 bits per heavy atom. The molecule has 1 aromatic rings. The van der Waals surface area contributed by atoms with Crippen molar-refractivity contribution in [1.29, 1.82) is 0 Å². The summed E-state index contributed by atoms with van der Waals surface area (Å²) in [6.45, 7) is 4.29. The fourth-order valence-electron chi connectivity index (χ4n) is 5.11. The minimum absolute atomic E-state index is 0.186. The van der Waals surface area contributed by atoms with Crippen molar-refractivity contribution in [2.45, 2.75) is 141 Å². The van der Waals surface area contributed by atoms with Gasteiger partial charge < -0.3 is 10.5 Å². The smallest absolute Gasteiger partial charge is 0.389 e. The summed E-state index contributed by atoms with van der Waals surface area (Å²) in [7, 11) is 0. The number of nitrogens with two attached hydrogens (primary N) is 1. The second-order valence-corrected chi connectivity index (χ2v) is 10.7. The Morgan fingerprint density at radius 3 is 2.00 bits per heavy atom. The molecular formula is C30H51F3N2O. The third-order valence-corrected chi connectivity index (χ3v) is 7.45. The van der Waals surface area contributed by atoms with Crippen LogP contribution < -0.4 is 10.5 Å². The Morgan fingerprint density at radius 2 is 1.39 bits per heavy atom. The number of hydrogen-bond donors (Lipinski definition) is 1. The number of nitrogens with zero attached hydrogens (tertiary/aromatic N) is 1. The summed E-state index contributed by atoms with van der Waals surface area (Å²) in [6.07, 6.45) is 14.2. The molecule has 1 aromatic carbocycles. The largest absolute Gasteiger partial charge is 0.490 e. The Labute approximate surface area is 218 Å². The standard InChI is InChI=1S/C30H51F3N2O/c1-2-3-4-5-10-13-16-29(34)35-24-21-28(22-25-35)36-27-19-17-26(18-20-27)15-12-9-7-6-8-11-14-23-30(31,32)33/h17-20,28-29H,2-16,21-25,34H2,1H3. The predicted octanol–water partition coefficient (Wildman–Crippen LogP) is 8.79. The van der Waals surface area contributed by atoms with Crippen LogP contribution in [0.4, 0.5) is 13.2 Å². The summed E-state index contributed by atoms with van der Waals surface area (Å²) in [5.74, 6) is 0.951. The summed E-state index contributed by atoms with van der Waals surface area (Å²) in [4.78, 5) is 2.43. The van der Waals surface area contributed by atoms with E-state index in [9.17, 15) is 13.2 Å². The van der Waals surface area contributed by atoms with Crippen molar-refractivity contribution in [3.63, 3.8) is 0 Å². The molecule has 0 spiro atoms. The summed E-state index contributed by atoms with van der Waals surface area (Å²) >= 11 is 0. The van der Waals surface area contributed by atoms with Gasteiger partial charge in [0.25, 0.3) is 0 Å². The van der Waals surface area contributed by atoms with Gasteiger partial charge in [-0.05, 0) is 56.2 Å². The molecule has 1 aliphatic heterocycles. The lowest BCUT2D eigenvalue weighted by atomic mass is 10.0. The Bertz CT molecular complexity index is 657. The fraction of sp³-hybridized carbons (Fsp3) is 0.800.